The lowest BCUT2D eigenvalue weighted by molar-refractivity contribution is 0.0694. The molecule has 1 aromatic heterocycles. The van der Waals surface area contributed by atoms with Gasteiger partial charge < -0.3 is 20.8 Å². The Morgan fingerprint density at radius 3 is 2.12 bits per heavy atom. The number of aryl methyl sites for hydroxylation is 1. The zero-order valence-corrected chi connectivity index (χ0v) is 18.1. The van der Waals surface area contributed by atoms with E-state index in [0.717, 1.165) is 53.0 Å². The average Bonchev–Trinajstić information content (AvgIpc) is 3.15. The van der Waals surface area contributed by atoms with Gasteiger partial charge in [0.1, 0.15) is 5.76 Å². The second kappa shape index (κ2) is 9.51. The van der Waals surface area contributed by atoms with Crippen LogP contribution in [0.15, 0.2) is 75.3 Å². The first-order valence-corrected chi connectivity index (χ1v) is 10.7. The number of guanidine groups is 1. The predicted octanol–water partition coefficient (Wildman–Crippen LogP) is 3.74. The molecule has 7 heteroatoms. The van der Waals surface area contributed by atoms with Crippen molar-refractivity contribution in [3.8, 4) is 0 Å². The lowest BCUT2D eigenvalue weighted by Crippen LogP contribution is -2.30. The summed E-state index contributed by atoms with van der Waals surface area (Å²) in [5, 5.41) is 8.02. The maximum absolute atomic E-state index is 13.7. The summed E-state index contributed by atoms with van der Waals surface area (Å²) in [5.74, 6) is 0.868. The SMILES string of the molecule is Cc1c(C(=O)N(Cc2ccccc2)Cc2ccccc2)oc2c1/C(=N/N=C(N)N)CCC2. The highest BCUT2D eigenvalue weighted by Gasteiger charge is 2.30. The molecule has 0 saturated heterocycles. The van der Waals surface area contributed by atoms with E-state index in [2.05, 4.69) is 10.2 Å². The van der Waals surface area contributed by atoms with Gasteiger partial charge in [-0.1, -0.05) is 60.7 Å². The minimum Gasteiger partial charge on any atom is -0.455 e. The topological polar surface area (TPSA) is 110 Å². The van der Waals surface area contributed by atoms with Gasteiger partial charge in [0.15, 0.2) is 5.76 Å². The molecule has 4 rings (SSSR count). The van der Waals surface area contributed by atoms with Crippen LogP contribution in [0.3, 0.4) is 0 Å². The number of carbonyl (C=O) groups is 1. The molecule has 0 bridgehead atoms. The summed E-state index contributed by atoms with van der Waals surface area (Å²) in [5.41, 5.74) is 15.4. The van der Waals surface area contributed by atoms with Gasteiger partial charge in [0.2, 0.25) is 5.96 Å². The monoisotopic (exact) mass is 429 g/mol. The van der Waals surface area contributed by atoms with Crippen LogP contribution in [-0.2, 0) is 19.5 Å². The van der Waals surface area contributed by atoms with Crippen LogP contribution >= 0.6 is 0 Å². The van der Waals surface area contributed by atoms with Gasteiger partial charge in [-0.2, -0.15) is 5.10 Å². The lowest BCUT2D eigenvalue weighted by Gasteiger charge is -2.22. The van der Waals surface area contributed by atoms with Crippen molar-refractivity contribution in [1.29, 1.82) is 0 Å². The first-order chi connectivity index (χ1) is 15.5. The van der Waals surface area contributed by atoms with Crippen LogP contribution in [0, 0.1) is 6.92 Å². The van der Waals surface area contributed by atoms with Crippen LogP contribution in [0.1, 0.15) is 51.4 Å². The molecule has 0 atom stereocenters. The van der Waals surface area contributed by atoms with E-state index < -0.39 is 0 Å². The van der Waals surface area contributed by atoms with Gasteiger partial charge in [-0.25, -0.2) is 0 Å². The fourth-order valence-electron chi connectivity index (χ4n) is 4.04. The molecule has 4 N–H and O–H groups in total. The van der Waals surface area contributed by atoms with Crippen molar-refractivity contribution in [1.82, 2.24) is 4.90 Å². The molecule has 0 aliphatic heterocycles. The highest BCUT2D eigenvalue weighted by atomic mass is 16.4. The number of furan rings is 1. The molecular weight excluding hydrogens is 402 g/mol. The number of rotatable bonds is 6. The van der Waals surface area contributed by atoms with Crippen LogP contribution < -0.4 is 11.5 Å². The van der Waals surface area contributed by atoms with Crippen LogP contribution in [0.5, 0.6) is 0 Å². The van der Waals surface area contributed by atoms with Crippen molar-refractivity contribution in [3.05, 3.63) is 94.4 Å². The second-order valence-corrected chi connectivity index (χ2v) is 7.91. The molecule has 164 valence electrons. The Kier molecular flexibility index (Phi) is 6.35. The minimum atomic E-state index is -0.147. The van der Waals surface area contributed by atoms with E-state index in [0.29, 0.717) is 18.8 Å². The number of hydrogen-bond donors (Lipinski definition) is 2. The van der Waals surface area contributed by atoms with Crippen molar-refractivity contribution in [2.24, 2.45) is 21.7 Å². The van der Waals surface area contributed by atoms with E-state index >= 15 is 0 Å². The molecule has 0 saturated carbocycles. The Hall–Kier alpha value is -3.87. The molecule has 1 aliphatic carbocycles. The quantitative estimate of drug-likeness (QED) is 0.353. The summed E-state index contributed by atoms with van der Waals surface area (Å²) in [6.07, 6.45) is 2.35. The Balaban J connectivity index is 1.69. The highest BCUT2D eigenvalue weighted by molar-refractivity contribution is 6.06. The van der Waals surface area contributed by atoms with Gasteiger partial charge in [0.05, 0.1) is 5.71 Å². The van der Waals surface area contributed by atoms with Crippen LogP contribution in [-0.4, -0.2) is 22.5 Å². The third kappa shape index (κ3) is 4.72. The number of amides is 1. The fraction of sp³-hybridized carbons (Fsp3) is 0.240. The highest BCUT2D eigenvalue weighted by Crippen LogP contribution is 2.31. The first-order valence-electron chi connectivity index (χ1n) is 10.7. The first kappa shape index (κ1) is 21.4. The van der Waals surface area contributed by atoms with Crippen molar-refractivity contribution in [2.45, 2.75) is 39.3 Å². The van der Waals surface area contributed by atoms with Gasteiger partial charge in [0.25, 0.3) is 5.91 Å². The normalized spacial score (nSPS) is 14.1. The van der Waals surface area contributed by atoms with Crippen LogP contribution in [0.4, 0.5) is 0 Å². The van der Waals surface area contributed by atoms with Gasteiger partial charge in [-0.05, 0) is 30.9 Å². The number of hydrogen-bond acceptors (Lipinski definition) is 4. The largest absolute Gasteiger partial charge is 0.455 e. The van der Waals surface area contributed by atoms with Crippen LogP contribution in [0.2, 0.25) is 0 Å². The standard InChI is InChI=1S/C25H27N5O2/c1-17-22-20(28-29-25(26)27)13-8-14-21(22)32-23(17)24(31)30(15-18-9-4-2-5-10-18)16-19-11-6-3-7-12-19/h2-7,9-12H,8,13-16H2,1H3,(H4,26,27,29)/b28-20+. The number of nitrogens with two attached hydrogens (primary N) is 2. The minimum absolute atomic E-state index is 0.0982. The molecule has 1 aliphatic rings. The summed E-state index contributed by atoms with van der Waals surface area (Å²) in [6.45, 7) is 2.86. The van der Waals surface area contributed by atoms with E-state index in [1.54, 1.807) is 0 Å². The molecule has 7 nitrogen and oxygen atoms in total. The van der Waals surface area contributed by atoms with Gasteiger partial charge in [-0.15, -0.1) is 5.10 Å². The zero-order valence-electron chi connectivity index (χ0n) is 18.1. The van der Waals surface area contributed by atoms with Crippen molar-refractivity contribution >= 4 is 17.6 Å². The molecule has 2 aromatic carbocycles. The number of nitrogens with zero attached hydrogens (tertiary/aromatic N) is 3. The third-order valence-electron chi connectivity index (χ3n) is 5.53. The maximum Gasteiger partial charge on any atom is 0.290 e. The van der Waals surface area contributed by atoms with E-state index in [1.807, 2.05) is 72.5 Å². The molecule has 0 fully saturated rings. The summed E-state index contributed by atoms with van der Waals surface area (Å²) in [7, 11) is 0. The number of benzene rings is 2. The Labute approximate surface area is 187 Å². The summed E-state index contributed by atoms with van der Waals surface area (Å²) in [6, 6.07) is 19.9. The number of carbonyl (C=O) groups excluding carboxylic acids is 1. The van der Waals surface area contributed by atoms with E-state index in [-0.39, 0.29) is 11.9 Å². The van der Waals surface area contributed by atoms with Gasteiger partial charge in [-0.3, -0.25) is 4.79 Å². The van der Waals surface area contributed by atoms with Crippen molar-refractivity contribution in [2.75, 3.05) is 0 Å². The Bertz CT molecular complexity index is 1100. The predicted molar refractivity (Wildman–Crippen MR) is 125 cm³/mol. The van der Waals surface area contributed by atoms with Gasteiger partial charge >= 0.3 is 0 Å². The van der Waals surface area contributed by atoms with E-state index in [1.165, 1.54) is 0 Å². The molecule has 32 heavy (non-hydrogen) atoms. The Morgan fingerprint density at radius 1 is 0.969 bits per heavy atom. The third-order valence-corrected chi connectivity index (χ3v) is 5.53. The van der Waals surface area contributed by atoms with Gasteiger partial charge in [0, 0.05) is 30.6 Å². The summed E-state index contributed by atoms with van der Waals surface area (Å²) < 4.78 is 6.11. The zero-order chi connectivity index (χ0) is 22.5. The van der Waals surface area contributed by atoms with Crippen molar-refractivity contribution in [3.63, 3.8) is 0 Å². The molecule has 3 aromatic rings. The smallest absolute Gasteiger partial charge is 0.290 e. The molecule has 0 radical (unpaired) electrons. The maximum atomic E-state index is 13.7. The molecular formula is C25H27N5O2. The second-order valence-electron chi connectivity index (χ2n) is 7.91. The molecule has 0 spiro atoms. The molecule has 1 amide bonds. The fourth-order valence-corrected chi connectivity index (χ4v) is 4.04. The van der Waals surface area contributed by atoms with E-state index in [9.17, 15) is 4.79 Å². The molecule has 0 unspecified atom stereocenters. The Morgan fingerprint density at radius 2 is 1.56 bits per heavy atom. The molecule has 1 heterocycles. The lowest BCUT2D eigenvalue weighted by atomic mass is 9.93. The number of fused-ring (bicyclic) bond motifs is 1. The van der Waals surface area contributed by atoms with E-state index in [4.69, 9.17) is 15.9 Å². The summed E-state index contributed by atoms with van der Waals surface area (Å²) in [4.78, 5) is 15.5. The average molecular weight is 430 g/mol. The summed E-state index contributed by atoms with van der Waals surface area (Å²) >= 11 is 0. The van der Waals surface area contributed by atoms with Crippen molar-refractivity contribution < 1.29 is 9.21 Å². The van der Waals surface area contributed by atoms with Crippen LogP contribution in [0.25, 0.3) is 0 Å².